The number of aryl methyl sites for hydroxylation is 1. The van der Waals surface area contributed by atoms with E-state index in [2.05, 4.69) is 64.3 Å². The quantitative estimate of drug-likeness (QED) is 0.667. The molecule has 0 saturated carbocycles. The summed E-state index contributed by atoms with van der Waals surface area (Å²) in [6.07, 6.45) is 3.13. The summed E-state index contributed by atoms with van der Waals surface area (Å²) in [5.41, 5.74) is 8.17. The lowest BCUT2D eigenvalue weighted by Gasteiger charge is -2.29. The summed E-state index contributed by atoms with van der Waals surface area (Å²) in [6.45, 7) is 8.78. The van der Waals surface area contributed by atoms with Crippen molar-refractivity contribution in [2.75, 3.05) is 19.7 Å². The molecule has 0 bridgehead atoms. The first-order valence-corrected chi connectivity index (χ1v) is 10.9. The molecular weight excluding hydrogens is 372 g/mol. The van der Waals surface area contributed by atoms with Crippen molar-refractivity contribution in [3.8, 4) is 5.75 Å². The molecule has 2 aromatic carbocycles. The van der Waals surface area contributed by atoms with Crippen LogP contribution in [0, 0.1) is 6.92 Å². The second kappa shape index (κ2) is 8.25. The molecule has 3 aromatic rings. The Hall–Kier alpha value is -2.63. The van der Waals surface area contributed by atoms with Gasteiger partial charge in [-0.1, -0.05) is 30.3 Å². The Kier molecular flexibility index (Phi) is 5.32. The molecule has 0 spiro atoms. The Morgan fingerprint density at radius 3 is 2.57 bits per heavy atom. The fourth-order valence-electron chi connectivity index (χ4n) is 4.62. The average Bonchev–Trinajstić information content (AvgIpc) is 2.95. The highest BCUT2D eigenvalue weighted by Crippen LogP contribution is 2.27. The molecule has 5 rings (SSSR count). The molecule has 0 fully saturated rings. The zero-order valence-electron chi connectivity index (χ0n) is 18.0. The lowest BCUT2D eigenvalue weighted by molar-refractivity contribution is 0.219. The number of aromatic nitrogens is 2. The molecule has 2 aliphatic rings. The summed E-state index contributed by atoms with van der Waals surface area (Å²) in [5, 5.41) is 4.40. The number of hydrogen-bond donors (Lipinski definition) is 0. The Morgan fingerprint density at radius 2 is 1.73 bits per heavy atom. The first-order chi connectivity index (χ1) is 14.7. The normalized spacial score (nSPS) is 17.1. The molecule has 5 heteroatoms. The van der Waals surface area contributed by atoms with Crippen molar-refractivity contribution < 1.29 is 4.74 Å². The molecule has 156 valence electrons. The fourth-order valence-corrected chi connectivity index (χ4v) is 4.62. The zero-order chi connectivity index (χ0) is 20.5. The molecule has 0 amide bonds. The van der Waals surface area contributed by atoms with E-state index >= 15 is 0 Å². The van der Waals surface area contributed by atoms with E-state index in [1.54, 1.807) is 0 Å². The third-order valence-electron chi connectivity index (χ3n) is 6.53. The van der Waals surface area contributed by atoms with E-state index < -0.39 is 0 Å². The number of benzene rings is 2. The van der Waals surface area contributed by atoms with Gasteiger partial charge >= 0.3 is 0 Å². The van der Waals surface area contributed by atoms with Crippen LogP contribution in [0.25, 0.3) is 0 Å². The SMILES string of the molecule is Cc1c(CN2CCOc3ccc(CN4CCc5ccccc5C4)cc3C2)cnn1C. The maximum atomic E-state index is 6.07. The minimum Gasteiger partial charge on any atom is -0.492 e. The van der Waals surface area contributed by atoms with Crippen molar-refractivity contribution in [3.05, 3.63) is 82.2 Å². The van der Waals surface area contributed by atoms with Crippen molar-refractivity contribution in [2.24, 2.45) is 7.05 Å². The number of fused-ring (bicyclic) bond motifs is 2. The molecule has 0 aliphatic carbocycles. The van der Waals surface area contributed by atoms with E-state index in [0.29, 0.717) is 0 Å². The summed E-state index contributed by atoms with van der Waals surface area (Å²) in [4.78, 5) is 5.02. The highest BCUT2D eigenvalue weighted by atomic mass is 16.5. The topological polar surface area (TPSA) is 33.5 Å². The lowest BCUT2D eigenvalue weighted by Crippen LogP contribution is -2.30. The Balaban J connectivity index is 1.29. The van der Waals surface area contributed by atoms with Gasteiger partial charge in [-0.3, -0.25) is 14.5 Å². The van der Waals surface area contributed by atoms with Gasteiger partial charge in [-0.15, -0.1) is 0 Å². The van der Waals surface area contributed by atoms with Gasteiger partial charge in [0.2, 0.25) is 0 Å². The van der Waals surface area contributed by atoms with Crippen molar-refractivity contribution in [3.63, 3.8) is 0 Å². The highest BCUT2D eigenvalue weighted by molar-refractivity contribution is 5.38. The summed E-state index contributed by atoms with van der Waals surface area (Å²) in [6, 6.07) is 15.6. The molecule has 0 saturated heterocycles. The summed E-state index contributed by atoms with van der Waals surface area (Å²) in [7, 11) is 2.00. The van der Waals surface area contributed by atoms with Gasteiger partial charge < -0.3 is 4.74 Å². The van der Waals surface area contributed by atoms with E-state index in [-0.39, 0.29) is 0 Å². The van der Waals surface area contributed by atoms with Crippen LogP contribution in [0.1, 0.15) is 33.5 Å². The number of hydrogen-bond acceptors (Lipinski definition) is 4. The van der Waals surface area contributed by atoms with Gasteiger partial charge in [0.15, 0.2) is 0 Å². The maximum absolute atomic E-state index is 6.07. The molecule has 1 aromatic heterocycles. The first-order valence-electron chi connectivity index (χ1n) is 10.9. The Labute approximate surface area is 178 Å². The van der Waals surface area contributed by atoms with E-state index in [4.69, 9.17) is 4.74 Å². The molecule has 3 heterocycles. The molecule has 5 nitrogen and oxygen atoms in total. The van der Waals surface area contributed by atoms with Crippen LogP contribution in [-0.4, -0.2) is 39.3 Å². The van der Waals surface area contributed by atoms with E-state index in [0.717, 1.165) is 58.0 Å². The van der Waals surface area contributed by atoms with Gasteiger partial charge in [0.1, 0.15) is 12.4 Å². The number of ether oxygens (including phenoxy) is 1. The smallest absolute Gasteiger partial charge is 0.123 e. The van der Waals surface area contributed by atoms with E-state index in [1.165, 1.54) is 33.5 Å². The molecule has 0 radical (unpaired) electrons. The minimum absolute atomic E-state index is 0.731. The number of nitrogens with zero attached hydrogens (tertiary/aromatic N) is 4. The lowest BCUT2D eigenvalue weighted by atomic mass is 9.99. The largest absolute Gasteiger partial charge is 0.492 e. The summed E-state index contributed by atoms with van der Waals surface area (Å²) >= 11 is 0. The van der Waals surface area contributed by atoms with Crippen molar-refractivity contribution >= 4 is 0 Å². The van der Waals surface area contributed by atoms with Crippen molar-refractivity contribution in [2.45, 2.75) is 39.5 Å². The fraction of sp³-hybridized carbons (Fsp3) is 0.400. The van der Waals surface area contributed by atoms with Crippen LogP contribution in [0.2, 0.25) is 0 Å². The average molecular weight is 403 g/mol. The van der Waals surface area contributed by atoms with Crippen LogP contribution in [-0.2, 0) is 39.6 Å². The van der Waals surface area contributed by atoms with Gasteiger partial charge in [-0.2, -0.15) is 5.10 Å². The zero-order valence-corrected chi connectivity index (χ0v) is 18.0. The van der Waals surface area contributed by atoms with Crippen LogP contribution in [0.5, 0.6) is 5.75 Å². The second-order valence-corrected chi connectivity index (χ2v) is 8.61. The van der Waals surface area contributed by atoms with Crippen molar-refractivity contribution in [1.82, 2.24) is 19.6 Å². The standard InChI is InChI=1S/C25H30N4O/c1-19-24(14-26-27(19)2)18-29-11-12-30-25-8-7-20(13-23(25)17-29)15-28-10-9-21-5-3-4-6-22(21)16-28/h3-8,13-14H,9-12,15-18H2,1-2H3. The minimum atomic E-state index is 0.731. The Morgan fingerprint density at radius 1 is 0.933 bits per heavy atom. The van der Waals surface area contributed by atoms with Gasteiger partial charge in [0, 0.05) is 63.1 Å². The molecule has 2 aliphatic heterocycles. The molecule has 0 unspecified atom stereocenters. The molecule has 30 heavy (non-hydrogen) atoms. The van der Waals surface area contributed by atoms with Gasteiger partial charge in [-0.05, 0) is 42.2 Å². The summed E-state index contributed by atoms with van der Waals surface area (Å²) in [5.74, 6) is 1.04. The van der Waals surface area contributed by atoms with Gasteiger partial charge in [-0.25, -0.2) is 0 Å². The molecular formula is C25H30N4O. The second-order valence-electron chi connectivity index (χ2n) is 8.61. The third-order valence-corrected chi connectivity index (χ3v) is 6.53. The van der Waals surface area contributed by atoms with Crippen LogP contribution in [0.4, 0.5) is 0 Å². The van der Waals surface area contributed by atoms with Gasteiger partial charge in [0.25, 0.3) is 0 Å². The van der Waals surface area contributed by atoms with Crippen LogP contribution in [0.15, 0.2) is 48.7 Å². The highest BCUT2D eigenvalue weighted by Gasteiger charge is 2.20. The first kappa shape index (κ1) is 19.3. The Bertz CT molecular complexity index is 1040. The summed E-state index contributed by atoms with van der Waals surface area (Å²) < 4.78 is 8.02. The van der Waals surface area contributed by atoms with Crippen LogP contribution >= 0.6 is 0 Å². The third kappa shape index (κ3) is 4.00. The maximum Gasteiger partial charge on any atom is 0.123 e. The predicted molar refractivity (Wildman–Crippen MR) is 118 cm³/mol. The van der Waals surface area contributed by atoms with Gasteiger partial charge in [0.05, 0.1) is 6.20 Å². The monoisotopic (exact) mass is 402 g/mol. The van der Waals surface area contributed by atoms with Crippen molar-refractivity contribution in [1.29, 1.82) is 0 Å². The predicted octanol–water partition coefficient (Wildman–Crippen LogP) is 3.68. The van der Waals surface area contributed by atoms with E-state index in [1.807, 2.05) is 17.9 Å². The number of rotatable bonds is 4. The van der Waals surface area contributed by atoms with Crippen LogP contribution < -0.4 is 4.74 Å². The van der Waals surface area contributed by atoms with E-state index in [9.17, 15) is 0 Å². The molecule has 0 N–H and O–H groups in total. The van der Waals surface area contributed by atoms with Crippen LogP contribution in [0.3, 0.4) is 0 Å². The molecule has 0 atom stereocenters.